The van der Waals surface area contributed by atoms with Gasteiger partial charge in [-0.25, -0.2) is 9.78 Å². The van der Waals surface area contributed by atoms with E-state index >= 15 is 0 Å². The number of pyridine rings is 1. The highest BCUT2D eigenvalue weighted by Crippen LogP contribution is 2.28. The first kappa shape index (κ1) is 21.9. The van der Waals surface area contributed by atoms with Crippen LogP contribution in [0, 0.1) is 5.92 Å². The zero-order valence-corrected chi connectivity index (χ0v) is 18.8. The molecule has 1 fully saturated rings. The molecule has 1 amide bonds. The first-order valence-corrected chi connectivity index (χ1v) is 10.9. The summed E-state index contributed by atoms with van der Waals surface area (Å²) in [5.41, 5.74) is 2.39. The SMILES string of the molecule is CC(C)C(=O)Nc1ccc2nc(N3CCN(c4cccc(Cl)c4)CC3)cc(C(=O)O)c2c1. The van der Waals surface area contributed by atoms with E-state index in [9.17, 15) is 14.7 Å². The number of carbonyl (C=O) groups is 2. The Labute approximate surface area is 191 Å². The van der Waals surface area contributed by atoms with Crippen molar-refractivity contribution in [1.82, 2.24) is 4.98 Å². The first-order valence-electron chi connectivity index (χ1n) is 10.6. The summed E-state index contributed by atoms with van der Waals surface area (Å²) in [5, 5.41) is 13.9. The molecule has 1 aromatic heterocycles. The van der Waals surface area contributed by atoms with Gasteiger partial charge in [-0.3, -0.25) is 4.79 Å². The van der Waals surface area contributed by atoms with E-state index in [4.69, 9.17) is 16.6 Å². The molecule has 2 heterocycles. The maximum absolute atomic E-state index is 12.0. The Kier molecular flexibility index (Phi) is 6.19. The molecule has 4 rings (SSSR count). The van der Waals surface area contributed by atoms with Crippen molar-refractivity contribution in [3.05, 3.63) is 59.1 Å². The molecule has 2 N–H and O–H groups in total. The number of piperazine rings is 1. The van der Waals surface area contributed by atoms with Gasteiger partial charge in [0.25, 0.3) is 0 Å². The van der Waals surface area contributed by atoms with Gasteiger partial charge in [-0.2, -0.15) is 0 Å². The van der Waals surface area contributed by atoms with Gasteiger partial charge in [0.2, 0.25) is 5.91 Å². The van der Waals surface area contributed by atoms with Gasteiger partial charge >= 0.3 is 5.97 Å². The van der Waals surface area contributed by atoms with E-state index in [1.807, 2.05) is 24.3 Å². The van der Waals surface area contributed by atoms with Crippen molar-refractivity contribution in [1.29, 1.82) is 0 Å². The fourth-order valence-electron chi connectivity index (χ4n) is 3.78. The average molecular weight is 453 g/mol. The molecule has 0 unspecified atom stereocenters. The molecule has 0 saturated carbocycles. The molecule has 2 aromatic carbocycles. The van der Waals surface area contributed by atoms with Crippen molar-refractivity contribution >= 4 is 51.6 Å². The van der Waals surface area contributed by atoms with E-state index in [0.29, 0.717) is 40.5 Å². The monoisotopic (exact) mass is 452 g/mol. The van der Waals surface area contributed by atoms with Gasteiger partial charge in [0.05, 0.1) is 11.1 Å². The number of aromatic nitrogens is 1. The van der Waals surface area contributed by atoms with Crippen LogP contribution in [0.5, 0.6) is 0 Å². The fourth-order valence-corrected chi connectivity index (χ4v) is 3.97. The summed E-state index contributed by atoms with van der Waals surface area (Å²) in [7, 11) is 0. The topological polar surface area (TPSA) is 85.8 Å². The third-order valence-electron chi connectivity index (χ3n) is 5.59. The number of nitrogens with one attached hydrogen (secondary N) is 1. The molecule has 7 nitrogen and oxygen atoms in total. The summed E-state index contributed by atoms with van der Waals surface area (Å²) in [6, 6.07) is 14.6. The molecule has 3 aromatic rings. The van der Waals surface area contributed by atoms with E-state index in [2.05, 4.69) is 15.1 Å². The molecule has 8 heteroatoms. The Morgan fingerprint density at radius 2 is 1.75 bits per heavy atom. The Balaban J connectivity index is 1.58. The van der Waals surface area contributed by atoms with Crippen LogP contribution in [-0.2, 0) is 4.79 Å². The number of hydrogen-bond acceptors (Lipinski definition) is 5. The minimum absolute atomic E-state index is 0.122. The highest BCUT2D eigenvalue weighted by atomic mass is 35.5. The number of rotatable bonds is 5. The number of carboxylic acids is 1. The Morgan fingerprint density at radius 1 is 1.03 bits per heavy atom. The van der Waals surface area contributed by atoms with Crippen molar-refractivity contribution in [3.63, 3.8) is 0 Å². The summed E-state index contributed by atoms with van der Waals surface area (Å²) in [6.45, 7) is 6.60. The molecule has 1 aliphatic rings. The van der Waals surface area contributed by atoms with E-state index in [-0.39, 0.29) is 17.4 Å². The van der Waals surface area contributed by atoms with Crippen molar-refractivity contribution in [2.75, 3.05) is 41.3 Å². The number of benzene rings is 2. The normalized spacial score (nSPS) is 14.1. The van der Waals surface area contributed by atoms with E-state index in [1.165, 1.54) is 0 Å². The molecule has 0 radical (unpaired) electrons. The predicted octanol–water partition coefficient (Wildman–Crippen LogP) is 4.51. The van der Waals surface area contributed by atoms with Crippen LogP contribution in [-0.4, -0.2) is 48.1 Å². The molecule has 0 atom stereocenters. The van der Waals surface area contributed by atoms with Crippen LogP contribution in [0.1, 0.15) is 24.2 Å². The molecular formula is C24H25ClN4O3. The van der Waals surface area contributed by atoms with Gasteiger partial charge in [0.15, 0.2) is 0 Å². The van der Waals surface area contributed by atoms with Gasteiger partial charge in [-0.05, 0) is 42.5 Å². The molecule has 1 aliphatic heterocycles. The quantitative estimate of drug-likeness (QED) is 0.592. The van der Waals surface area contributed by atoms with Crippen LogP contribution in [0.3, 0.4) is 0 Å². The summed E-state index contributed by atoms with van der Waals surface area (Å²) in [5.74, 6) is -0.678. The minimum Gasteiger partial charge on any atom is -0.478 e. The molecule has 32 heavy (non-hydrogen) atoms. The number of fused-ring (bicyclic) bond motifs is 1. The maximum atomic E-state index is 12.0. The van der Waals surface area contributed by atoms with Crippen molar-refractivity contribution in [3.8, 4) is 0 Å². The highest BCUT2D eigenvalue weighted by Gasteiger charge is 2.21. The maximum Gasteiger partial charge on any atom is 0.336 e. The van der Waals surface area contributed by atoms with Crippen LogP contribution >= 0.6 is 11.6 Å². The summed E-state index contributed by atoms with van der Waals surface area (Å²) >= 11 is 6.12. The average Bonchev–Trinajstić information content (AvgIpc) is 2.78. The molecule has 0 bridgehead atoms. The van der Waals surface area contributed by atoms with Crippen LogP contribution < -0.4 is 15.1 Å². The number of carbonyl (C=O) groups excluding carboxylic acids is 1. The summed E-state index contributed by atoms with van der Waals surface area (Å²) in [4.78, 5) is 33.1. The number of anilines is 3. The van der Waals surface area contributed by atoms with Crippen molar-refractivity contribution in [2.45, 2.75) is 13.8 Å². The number of amides is 1. The largest absolute Gasteiger partial charge is 0.478 e. The fraction of sp³-hybridized carbons (Fsp3) is 0.292. The van der Waals surface area contributed by atoms with Crippen LogP contribution in [0.25, 0.3) is 10.9 Å². The summed E-state index contributed by atoms with van der Waals surface area (Å²) < 4.78 is 0. The second-order valence-electron chi connectivity index (χ2n) is 8.16. The van der Waals surface area contributed by atoms with E-state index in [1.54, 1.807) is 38.1 Å². The number of nitrogens with zero attached hydrogens (tertiary/aromatic N) is 3. The lowest BCUT2D eigenvalue weighted by atomic mass is 10.1. The third-order valence-corrected chi connectivity index (χ3v) is 5.83. The van der Waals surface area contributed by atoms with Crippen LogP contribution in [0.4, 0.5) is 17.2 Å². The minimum atomic E-state index is -1.02. The Morgan fingerprint density at radius 3 is 2.41 bits per heavy atom. The van der Waals surface area contributed by atoms with Crippen molar-refractivity contribution < 1.29 is 14.7 Å². The van der Waals surface area contributed by atoms with Gasteiger partial charge in [0, 0.05) is 53.9 Å². The molecular weight excluding hydrogens is 428 g/mol. The van der Waals surface area contributed by atoms with Crippen molar-refractivity contribution in [2.24, 2.45) is 5.92 Å². The second kappa shape index (κ2) is 9.04. The van der Waals surface area contributed by atoms with E-state index in [0.717, 1.165) is 18.8 Å². The Hall–Kier alpha value is -3.32. The molecule has 166 valence electrons. The highest BCUT2D eigenvalue weighted by molar-refractivity contribution is 6.30. The zero-order chi connectivity index (χ0) is 22.8. The molecule has 0 spiro atoms. The van der Waals surface area contributed by atoms with Crippen LogP contribution in [0.15, 0.2) is 48.5 Å². The lowest BCUT2D eigenvalue weighted by molar-refractivity contribution is -0.118. The van der Waals surface area contributed by atoms with E-state index < -0.39 is 5.97 Å². The van der Waals surface area contributed by atoms with Gasteiger partial charge < -0.3 is 20.2 Å². The standard InChI is InChI=1S/C24H25ClN4O3/c1-15(2)23(30)26-17-6-7-21-19(13-17)20(24(31)32)14-22(27-21)29-10-8-28(9-11-29)18-5-3-4-16(25)12-18/h3-7,12-15H,8-11H2,1-2H3,(H,26,30)(H,31,32). The zero-order valence-electron chi connectivity index (χ0n) is 18.0. The molecule has 0 aliphatic carbocycles. The Bertz CT molecular complexity index is 1170. The lowest BCUT2D eigenvalue weighted by Gasteiger charge is -2.37. The van der Waals surface area contributed by atoms with Crippen LogP contribution in [0.2, 0.25) is 5.02 Å². The number of carboxylic acid groups (broad SMARTS) is 1. The summed E-state index contributed by atoms with van der Waals surface area (Å²) in [6.07, 6.45) is 0. The van der Waals surface area contributed by atoms with Gasteiger partial charge in [-0.15, -0.1) is 0 Å². The van der Waals surface area contributed by atoms with Gasteiger partial charge in [-0.1, -0.05) is 31.5 Å². The lowest BCUT2D eigenvalue weighted by Crippen LogP contribution is -2.46. The molecule has 1 saturated heterocycles. The van der Waals surface area contributed by atoms with Gasteiger partial charge in [0.1, 0.15) is 5.82 Å². The smallest absolute Gasteiger partial charge is 0.336 e. The predicted molar refractivity (Wildman–Crippen MR) is 128 cm³/mol. The number of halogens is 1. The number of aromatic carboxylic acids is 1. The first-order chi connectivity index (χ1) is 15.3. The number of hydrogen-bond donors (Lipinski definition) is 2. The second-order valence-corrected chi connectivity index (χ2v) is 8.60. The third kappa shape index (κ3) is 4.62.